The third kappa shape index (κ3) is 2.14. The molecule has 2 aromatic carbocycles. The topological polar surface area (TPSA) is 76.2 Å². The second-order valence-corrected chi connectivity index (χ2v) is 4.07. The summed E-state index contributed by atoms with van der Waals surface area (Å²) in [5.41, 5.74) is 1.56. The van der Waals surface area contributed by atoms with E-state index in [2.05, 4.69) is 20.7 Å². The van der Waals surface area contributed by atoms with Crippen molar-refractivity contribution in [1.82, 2.24) is 20.2 Å². The zero-order valence-corrected chi connectivity index (χ0v) is 10.5. The Balaban J connectivity index is 2.10. The molecule has 3 aromatic rings. The van der Waals surface area contributed by atoms with Gasteiger partial charge in [-0.05, 0) is 10.4 Å². The van der Waals surface area contributed by atoms with E-state index in [0.29, 0.717) is 5.82 Å². The second-order valence-electron chi connectivity index (χ2n) is 4.07. The van der Waals surface area contributed by atoms with Crippen molar-refractivity contribution in [2.24, 2.45) is 5.16 Å². The summed E-state index contributed by atoms with van der Waals surface area (Å²) < 4.78 is 1.41. The molecule has 0 atom stereocenters. The summed E-state index contributed by atoms with van der Waals surface area (Å²) in [7, 11) is 0. The van der Waals surface area contributed by atoms with Crippen LogP contribution in [0.2, 0.25) is 0 Å². The number of oxime groups is 1. The molecular formula is C14H11N5O. The molecule has 0 aliphatic heterocycles. The number of benzene rings is 2. The van der Waals surface area contributed by atoms with Crippen molar-refractivity contribution in [3.05, 3.63) is 66.2 Å². The molecule has 0 saturated carbocycles. The van der Waals surface area contributed by atoms with Crippen LogP contribution < -0.4 is 0 Å². The highest BCUT2D eigenvalue weighted by molar-refractivity contribution is 6.00. The Labute approximate surface area is 115 Å². The molecule has 98 valence electrons. The Bertz CT molecular complexity index is 722. The second kappa shape index (κ2) is 5.31. The SMILES string of the molecule is ON=C(c1ccccc1)n1nnnc1-c1ccccc1. The van der Waals surface area contributed by atoms with Gasteiger partial charge in [0, 0.05) is 11.1 Å². The largest absolute Gasteiger partial charge is 0.409 e. The highest BCUT2D eigenvalue weighted by atomic mass is 16.4. The van der Waals surface area contributed by atoms with Crippen LogP contribution in [0.15, 0.2) is 65.8 Å². The van der Waals surface area contributed by atoms with E-state index in [9.17, 15) is 5.21 Å². The average molecular weight is 265 g/mol. The normalized spacial score (nSPS) is 11.5. The van der Waals surface area contributed by atoms with E-state index >= 15 is 0 Å². The van der Waals surface area contributed by atoms with Gasteiger partial charge in [-0.15, -0.1) is 5.10 Å². The van der Waals surface area contributed by atoms with E-state index in [4.69, 9.17) is 0 Å². The molecule has 0 unspecified atom stereocenters. The van der Waals surface area contributed by atoms with Crippen molar-refractivity contribution in [2.75, 3.05) is 0 Å². The fourth-order valence-electron chi connectivity index (χ4n) is 1.91. The van der Waals surface area contributed by atoms with E-state index < -0.39 is 0 Å². The standard InChI is InChI=1S/C14H11N5O/c20-16-14(12-9-5-2-6-10-12)19-13(15-17-18-19)11-7-3-1-4-8-11/h1-10,20H. The summed E-state index contributed by atoms with van der Waals surface area (Å²) in [6.45, 7) is 0. The van der Waals surface area contributed by atoms with E-state index in [0.717, 1.165) is 11.1 Å². The molecule has 0 aliphatic rings. The third-order valence-corrected chi connectivity index (χ3v) is 2.83. The summed E-state index contributed by atoms with van der Waals surface area (Å²) >= 11 is 0. The molecule has 0 aliphatic carbocycles. The van der Waals surface area contributed by atoms with Crippen LogP contribution in [0, 0.1) is 0 Å². The zero-order valence-electron chi connectivity index (χ0n) is 10.5. The van der Waals surface area contributed by atoms with Gasteiger partial charge in [-0.3, -0.25) is 0 Å². The maximum Gasteiger partial charge on any atom is 0.203 e. The van der Waals surface area contributed by atoms with Gasteiger partial charge in [0.15, 0.2) is 5.82 Å². The fourth-order valence-corrected chi connectivity index (χ4v) is 1.91. The summed E-state index contributed by atoms with van der Waals surface area (Å²) in [4.78, 5) is 0. The van der Waals surface area contributed by atoms with Gasteiger partial charge in [0.25, 0.3) is 0 Å². The molecule has 0 radical (unpaired) electrons. The number of tetrazole rings is 1. The molecule has 0 amide bonds. The summed E-state index contributed by atoms with van der Waals surface area (Å²) in [5, 5.41) is 24.2. The first-order chi connectivity index (χ1) is 9.90. The summed E-state index contributed by atoms with van der Waals surface area (Å²) in [6, 6.07) is 18.7. The van der Waals surface area contributed by atoms with Gasteiger partial charge in [0.1, 0.15) is 0 Å². The first kappa shape index (κ1) is 12.0. The van der Waals surface area contributed by atoms with E-state index in [1.54, 1.807) is 0 Å². The molecule has 20 heavy (non-hydrogen) atoms. The molecule has 0 bridgehead atoms. The Morgan fingerprint density at radius 3 is 2.25 bits per heavy atom. The van der Waals surface area contributed by atoms with Crippen molar-refractivity contribution in [3.8, 4) is 11.4 Å². The van der Waals surface area contributed by atoms with Crippen molar-refractivity contribution >= 4 is 5.84 Å². The van der Waals surface area contributed by atoms with Gasteiger partial charge in [0.2, 0.25) is 5.84 Å². The Morgan fingerprint density at radius 2 is 1.60 bits per heavy atom. The van der Waals surface area contributed by atoms with Crippen LogP contribution in [0.25, 0.3) is 11.4 Å². The minimum atomic E-state index is 0.273. The highest BCUT2D eigenvalue weighted by Crippen LogP contribution is 2.16. The third-order valence-electron chi connectivity index (χ3n) is 2.83. The molecule has 0 saturated heterocycles. The minimum Gasteiger partial charge on any atom is -0.409 e. The van der Waals surface area contributed by atoms with Gasteiger partial charge in [-0.2, -0.15) is 4.68 Å². The van der Waals surface area contributed by atoms with Crippen LogP contribution in [0.5, 0.6) is 0 Å². The van der Waals surface area contributed by atoms with Crippen LogP contribution >= 0.6 is 0 Å². The van der Waals surface area contributed by atoms with Crippen LogP contribution in [-0.4, -0.2) is 31.3 Å². The lowest BCUT2D eigenvalue weighted by Gasteiger charge is -2.06. The molecule has 1 N–H and O–H groups in total. The van der Waals surface area contributed by atoms with E-state index in [1.165, 1.54) is 4.68 Å². The Hall–Kier alpha value is -3.02. The van der Waals surface area contributed by atoms with Crippen LogP contribution in [0.1, 0.15) is 5.56 Å². The first-order valence-corrected chi connectivity index (χ1v) is 6.02. The lowest BCUT2D eigenvalue weighted by atomic mass is 10.2. The monoisotopic (exact) mass is 265 g/mol. The molecule has 6 nitrogen and oxygen atoms in total. The lowest BCUT2D eigenvalue weighted by molar-refractivity contribution is 0.316. The lowest BCUT2D eigenvalue weighted by Crippen LogP contribution is -2.16. The smallest absolute Gasteiger partial charge is 0.203 e. The van der Waals surface area contributed by atoms with Crippen LogP contribution in [0.3, 0.4) is 0 Å². The number of aromatic nitrogens is 4. The maximum absolute atomic E-state index is 9.29. The molecule has 0 spiro atoms. The van der Waals surface area contributed by atoms with Crippen molar-refractivity contribution in [1.29, 1.82) is 0 Å². The highest BCUT2D eigenvalue weighted by Gasteiger charge is 2.15. The Morgan fingerprint density at radius 1 is 0.950 bits per heavy atom. The minimum absolute atomic E-state index is 0.273. The summed E-state index contributed by atoms with van der Waals surface area (Å²) in [5.74, 6) is 0.789. The van der Waals surface area contributed by atoms with Crippen LogP contribution in [0.4, 0.5) is 0 Å². The Kier molecular flexibility index (Phi) is 3.20. The van der Waals surface area contributed by atoms with Gasteiger partial charge in [0.05, 0.1) is 0 Å². The molecule has 1 heterocycles. The first-order valence-electron chi connectivity index (χ1n) is 6.02. The predicted molar refractivity (Wildman–Crippen MR) is 73.4 cm³/mol. The molecular weight excluding hydrogens is 254 g/mol. The molecule has 6 heteroatoms. The van der Waals surface area contributed by atoms with Gasteiger partial charge in [-0.25, -0.2) is 0 Å². The molecule has 0 fully saturated rings. The van der Waals surface area contributed by atoms with Gasteiger partial charge < -0.3 is 5.21 Å². The van der Waals surface area contributed by atoms with Gasteiger partial charge in [-0.1, -0.05) is 65.8 Å². The zero-order chi connectivity index (χ0) is 13.8. The van der Waals surface area contributed by atoms with Crippen molar-refractivity contribution in [3.63, 3.8) is 0 Å². The van der Waals surface area contributed by atoms with Crippen LogP contribution in [-0.2, 0) is 0 Å². The van der Waals surface area contributed by atoms with E-state index in [-0.39, 0.29) is 5.84 Å². The van der Waals surface area contributed by atoms with E-state index in [1.807, 2.05) is 60.7 Å². The number of hydrogen-bond donors (Lipinski definition) is 1. The summed E-state index contributed by atoms with van der Waals surface area (Å²) in [6.07, 6.45) is 0. The quantitative estimate of drug-likeness (QED) is 0.333. The van der Waals surface area contributed by atoms with Crippen molar-refractivity contribution < 1.29 is 5.21 Å². The van der Waals surface area contributed by atoms with Crippen molar-refractivity contribution in [2.45, 2.75) is 0 Å². The molecule has 3 rings (SSSR count). The van der Waals surface area contributed by atoms with Gasteiger partial charge >= 0.3 is 0 Å². The molecule has 1 aromatic heterocycles. The average Bonchev–Trinajstić information content (AvgIpc) is 2.99. The number of rotatable bonds is 2. The predicted octanol–water partition coefficient (Wildman–Crippen LogP) is 2.02. The fraction of sp³-hybridized carbons (Fsp3) is 0. The maximum atomic E-state index is 9.29. The number of nitrogens with zero attached hydrogens (tertiary/aromatic N) is 5. The number of hydrogen-bond acceptors (Lipinski definition) is 5.